The molecular weight excluding hydrogens is 188 g/mol. The highest BCUT2D eigenvalue weighted by Gasteiger charge is 1.94. The van der Waals surface area contributed by atoms with E-state index in [1.807, 2.05) is 30.3 Å². The molecule has 0 bridgehead atoms. The summed E-state index contributed by atoms with van der Waals surface area (Å²) in [6.45, 7) is 5.04. The van der Waals surface area contributed by atoms with Crippen LogP contribution in [0.2, 0.25) is 0 Å². The van der Waals surface area contributed by atoms with Crippen LogP contribution in [0.25, 0.3) is 0 Å². The van der Waals surface area contributed by atoms with Gasteiger partial charge in [-0.2, -0.15) is 0 Å². The highest BCUT2D eigenvalue weighted by atomic mass is 16.6. The van der Waals surface area contributed by atoms with Crippen LogP contribution in [0.15, 0.2) is 30.3 Å². The zero-order valence-electron chi connectivity index (χ0n) is 9.45. The largest absolute Gasteiger partial charge is 0.494 e. The zero-order valence-corrected chi connectivity index (χ0v) is 9.45. The molecule has 1 aliphatic rings. The summed E-state index contributed by atoms with van der Waals surface area (Å²) < 4.78 is 10.0. The molecule has 1 saturated heterocycles. The molecule has 84 valence electrons. The molecule has 0 aliphatic carbocycles. The summed E-state index contributed by atoms with van der Waals surface area (Å²) in [5, 5.41) is 0. The number of epoxide rings is 1. The molecule has 1 heterocycles. The summed E-state index contributed by atoms with van der Waals surface area (Å²) in [6, 6.07) is 9.97. The number of hydrogen-bond acceptors (Lipinski definition) is 2. The third-order valence-corrected chi connectivity index (χ3v) is 1.96. The van der Waals surface area contributed by atoms with Crippen molar-refractivity contribution in [3.63, 3.8) is 0 Å². The van der Waals surface area contributed by atoms with E-state index in [4.69, 9.17) is 4.74 Å². The fourth-order valence-electron chi connectivity index (χ4n) is 1.06. The van der Waals surface area contributed by atoms with E-state index < -0.39 is 0 Å². The van der Waals surface area contributed by atoms with E-state index in [1.165, 1.54) is 12.8 Å². The Labute approximate surface area is 92.2 Å². The van der Waals surface area contributed by atoms with Crippen molar-refractivity contribution in [2.75, 3.05) is 19.8 Å². The molecule has 0 amide bonds. The van der Waals surface area contributed by atoms with Gasteiger partial charge in [-0.3, -0.25) is 0 Å². The molecule has 0 spiro atoms. The molecule has 2 nitrogen and oxygen atoms in total. The summed E-state index contributed by atoms with van der Waals surface area (Å²) in [5.74, 6) is 0.980. The Morgan fingerprint density at radius 2 is 1.80 bits per heavy atom. The van der Waals surface area contributed by atoms with Gasteiger partial charge in [-0.05, 0) is 18.6 Å². The smallest absolute Gasteiger partial charge is 0.119 e. The van der Waals surface area contributed by atoms with Crippen molar-refractivity contribution in [3.05, 3.63) is 30.3 Å². The number of rotatable bonds is 5. The topological polar surface area (TPSA) is 21.8 Å². The number of hydrogen-bond donors (Lipinski definition) is 0. The lowest BCUT2D eigenvalue weighted by atomic mass is 10.3. The first-order chi connectivity index (χ1) is 7.43. The minimum absolute atomic E-state index is 0.845. The molecule has 0 unspecified atom stereocenters. The van der Waals surface area contributed by atoms with Crippen LogP contribution in [0.4, 0.5) is 0 Å². The Bertz CT molecular complexity index is 229. The van der Waals surface area contributed by atoms with Gasteiger partial charge in [0.2, 0.25) is 0 Å². The van der Waals surface area contributed by atoms with E-state index in [1.54, 1.807) is 0 Å². The quantitative estimate of drug-likeness (QED) is 0.547. The summed E-state index contributed by atoms with van der Waals surface area (Å²) in [6.07, 6.45) is 3.66. The Kier molecular flexibility index (Phi) is 6.67. The summed E-state index contributed by atoms with van der Waals surface area (Å²) in [4.78, 5) is 0. The predicted octanol–water partition coefficient (Wildman–Crippen LogP) is 3.27. The molecule has 1 aromatic rings. The molecule has 1 fully saturated rings. The highest BCUT2D eigenvalue weighted by Crippen LogP contribution is 2.08. The van der Waals surface area contributed by atoms with Crippen LogP contribution >= 0.6 is 0 Å². The number of para-hydroxylation sites is 1. The van der Waals surface area contributed by atoms with E-state index in [0.29, 0.717) is 0 Å². The molecule has 2 rings (SSSR count). The molecule has 0 saturated carbocycles. The van der Waals surface area contributed by atoms with Crippen LogP contribution in [0.5, 0.6) is 5.75 Å². The Morgan fingerprint density at radius 3 is 2.33 bits per heavy atom. The van der Waals surface area contributed by atoms with Crippen molar-refractivity contribution in [3.8, 4) is 5.75 Å². The van der Waals surface area contributed by atoms with Gasteiger partial charge in [-0.1, -0.05) is 38.0 Å². The van der Waals surface area contributed by atoms with Crippen LogP contribution < -0.4 is 4.74 Å². The molecule has 15 heavy (non-hydrogen) atoms. The maximum absolute atomic E-state index is 5.51. The van der Waals surface area contributed by atoms with Crippen molar-refractivity contribution in [1.29, 1.82) is 0 Å². The van der Waals surface area contributed by atoms with E-state index >= 15 is 0 Å². The van der Waals surface area contributed by atoms with E-state index in [-0.39, 0.29) is 0 Å². The molecule has 1 aromatic carbocycles. The maximum Gasteiger partial charge on any atom is 0.119 e. The van der Waals surface area contributed by atoms with Gasteiger partial charge in [0.25, 0.3) is 0 Å². The molecular formula is C13H20O2. The second-order valence-electron chi connectivity index (χ2n) is 3.48. The van der Waals surface area contributed by atoms with E-state index in [0.717, 1.165) is 32.0 Å². The van der Waals surface area contributed by atoms with Crippen LogP contribution in [-0.4, -0.2) is 19.8 Å². The van der Waals surface area contributed by atoms with Gasteiger partial charge in [0.15, 0.2) is 0 Å². The number of unbranched alkanes of at least 4 members (excludes halogenated alkanes) is 2. The monoisotopic (exact) mass is 208 g/mol. The number of ether oxygens (including phenoxy) is 2. The average molecular weight is 208 g/mol. The molecule has 0 N–H and O–H groups in total. The van der Waals surface area contributed by atoms with Gasteiger partial charge < -0.3 is 9.47 Å². The number of benzene rings is 1. The van der Waals surface area contributed by atoms with Crippen molar-refractivity contribution in [2.45, 2.75) is 26.2 Å². The molecule has 0 radical (unpaired) electrons. The standard InChI is InChI=1S/C11H16O.C2H4O/c1-2-3-7-10-12-11-8-5-4-6-9-11;1-2-3-1/h4-6,8-9H,2-3,7,10H2,1H3;1-2H2. The van der Waals surface area contributed by atoms with Gasteiger partial charge in [0, 0.05) is 0 Å². The minimum Gasteiger partial charge on any atom is -0.494 e. The van der Waals surface area contributed by atoms with Crippen LogP contribution in [0, 0.1) is 0 Å². The first-order valence-electron chi connectivity index (χ1n) is 5.69. The molecule has 0 atom stereocenters. The van der Waals surface area contributed by atoms with Crippen LogP contribution in [0.3, 0.4) is 0 Å². The Balaban J connectivity index is 0.000000319. The lowest BCUT2D eigenvalue weighted by molar-refractivity contribution is 0.306. The van der Waals surface area contributed by atoms with Gasteiger partial charge in [-0.15, -0.1) is 0 Å². The summed E-state index contributed by atoms with van der Waals surface area (Å²) in [5.41, 5.74) is 0. The Hall–Kier alpha value is -1.02. The zero-order chi connectivity index (χ0) is 10.8. The molecule has 2 heteroatoms. The third kappa shape index (κ3) is 8.01. The van der Waals surface area contributed by atoms with Gasteiger partial charge in [-0.25, -0.2) is 0 Å². The van der Waals surface area contributed by atoms with Gasteiger partial charge in [0.05, 0.1) is 19.8 Å². The van der Waals surface area contributed by atoms with Gasteiger partial charge >= 0.3 is 0 Å². The minimum atomic E-state index is 0.845. The fraction of sp³-hybridized carbons (Fsp3) is 0.538. The van der Waals surface area contributed by atoms with Crippen LogP contribution in [0.1, 0.15) is 26.2 Å². The van der Waals surface area contributed by atoms with E-state index in [9.17, 15) is 0 Å². The average Bonchev–Trinajstić information content (AvgIpc) is 3.13. The summed E-state index contributed by atoms with van der Waals surface area (Å²) in [7, 11) is 0. The van der Waals surface area contributed by atoms with E-state index in [2.05, 4.69) is 11.7 Å². The van der Waals surface area contributed by atoms with Crippen molar-refractivity contribution in [2.24, 2.45) is 0 Å². The molecule has 0 aromatic heterocycles. The predicted molar refractivity (Wildman–Crippen MR) is 62.3 cm³/mol. The van der Waals surface area contributed by atoms with Crippen molar-refractivity contribution in [1.82, 2.24) is 0 Å². The normalized spacial score (nSPS) is 12.6. The highest BCUT2D eigenvalue weighted by molar-refractivity contribution is 5.20. The second kappa shape index (κ2) is 8.30. The van der Waals surface area contributed by atoms with Crippen LogP contribution in [-0.2, 0) is 4.74 Å². The molecule has 1 aliphatic heterocycles. The lowest BCUT2D eigenvalue weighted by Crippen LogP contribution is -1.96. The summed E-state index contributed by atoms with van der Waals surface area (Å²) >= 11 is 0. The lowest BCUT2D eigenvalue weighted by Gasteiger charge is -2.04. The first-order valence-corrected chi connectivity index (χ1v) is 5.69. The fourth-order valence-corrected chi connectivity index (χ4v) is 1.06. The maximum atomic E-state index is 5.51. The third-order valence-electron chi connectivity index (χ3n) is 1.96. The van der Waals surface area contributed by atoms with Gasteiger partial charge in [0.1, 0.15) is 5.75 Å². The SMILES string of the molecule is C1CO1.CCCCCOc1ccccc1. The first kappa shape index (κ1) is 12.1. The van der Waals surface area contributed by atoms with Crippen molar-refractivity contribution < 1.29 is 9.47 Å². The second-order valence-corrected chi connectivity index (χ2v) is 3.48. The Morgan fingerprint density at radius 1 is 1.13 bits per heavy atom. The van der Waals surface area contributed by atoms with Crippen molar-refractivity contribution >= 4 is 0 Å².